The monoisotopic (exact) mass is 627 g/mol. The van der Waals surface area contributed by atoms with Crippen LogP contribution in [0.15, 0.2) is 64.3 Å². The smallest absolute Gasteiger partial charge is 0.330 e. The average molecular weight is 628 g/mol. The second-order valence-electron chi connectivity index (χ2n) is 11.7. The summed E-state index contributed by atoms with van der Waals surface area (Å²) in [5, 5.41) is 8.95. The van der Waals surface area contributed by atoms with E-state index in [1.807, 2.05) is 50.2 Å². The lowest BCUT2D eigenvalue weighted by Crippen LogP contribution is -2.40. The lowest BCUT2D eigenvalue weighted by Gasteiger charge is -2.18. The Bertz CT molecular complexity index is 1950. The maximum Gasteiger partial charge on any atom is 0.330 e. The minimum atomic E-state index is -0.679. The molecule has 3 aromatic carbocycles. The number of aromatic nitrogens is 2. The number of carbonyl (C=O) groups excluding carboxylic acids is 2. The summed E-state index contributed by atoms with van der Waals surface area (Å²) in [5.74, 6) is -0.192. The number of aryl methyl sites for hydroxylation is 1. The van der Waals surface area contributed by atoms with E-state index in [2.05, 4.69) is 16.0 Å². The van der Waals surface area contributed by atoms with E-state index in [-0.39, 0.29) is 17.3 Å². The van der Waals surface area contributed by atoms with Gasteiger partial charge in [-0.2, -0.15) is 0 Å². The van der Waals surface area contributed by atoms with E-state index in [1.54, 1.807) is 6.07 Å². The van der Waals surface area contributed by atoms with Crippen LogP contribution < -0.4 is 31.9 Å². The molecule has 0 aliphatic carbocycles. The molecule has 3 N–H and O–H groups in total. The number of nitrogens with one attached hydrogen (secondary N) is 3. The van der Waals surface area contributed by atoms with Crippen molar-refractivity contribution in [1.82, 2.24) is 19.8 Å². The van der Waals surface area contributed by atoms with Crippen molar-refractivity contribution in [3.63, 3.8) is 0 Å². The van der Waals surface area contributed by atoms with Gasteiger partial charge in [0.1, 0.15) is 17.1 Å². The molecule has 10 nitrogen and oxygen atoms in total. The van der Waals surface area contributed by atoms with Crippen molar-refractivity contribution in [3.8, 4) is 28.0 Å². The number of anilines is 1. The van der Waals surface area contributed by atoms with Gasteiger partial charge in [0.25, 0.3) is 11.5 Å². The fraction of sp³-hybridized carbons (Fsp3) is 0.314. The Balaban J connectivity index is 1.39. The third kappa shape index (κ3) is 6.50. The molecule has 5 rings (SSSR count). The minimum absolute atomic E-state index is 0.0774. The van der Waals surface area contributed by atoms with Crippen molar-refractivity contribution in [2.75, 3.05) is 25.5 Å². The standard InChI is InChI=1S/C35H38FN5O5/c1-20-24(23-15-29(36)27(31(16-23)46-5)18-37-13-12-22-14-32(42)38-17-22)8-6-9-25(20)26-10-7-11-30(21(26)2)39-33(43)28-19-40(3)35(45)41(4)34(28)44/h6-11,15-16,19,22,37H,12-14,17-18H2,1-5H3,(H,38,42)(H,39,43). The Morgan fingerprint density at radius 2 is 1.72 bits per heavy atom. The predicted molar refractivity (Wildman–Crippen MR) is 176 cm³/mol. The van der Waals surface area contributed by atoms with Crippen LogP contribution in [-0.2, 0) is 25.4 Å². The van der Waals surface area contributed by atoms with E-state index < -0.39 is 17.2 Å². The van der Waals surface area contributed by atoms with E-state index in [0.29, 0.717) is 54.5 Å². The van der Waals surface area contributed by atoms with Crippen LogP contribution in [0.3, 0.4) is 0 Å². The van der Waals surface area contributed by atoms with E-state index in [0.717, 1.165) is 38.8 Å². The van der Waals surface area contributed by atoms with Crippen molar-refractivity contribution in [1.29, 1.82) is 0 Å². The lowest BCUT2D eigenvalue weighted by molar-refractivity contribution is -0.119. The van der Waals surface area contributed by atoms with Crippen LogP contribution >= 0.6 is 0 Å². The Kier molecular flexibility index (Phi) is 9.52. The quantitative estimate of drug-likeness (QED) is 0.228. The molecule has 0 radical (unpaired) electrons. The first-order valence-electron chi connectivity index (χ1n) is 15.1. The summed E-state index contributed by atoms with van der Waals surface area (Å²) < 4.78 is 23.2. The summed E-state index contributed by atoms with van der Waals surface area (Å²) in [7, 11) is 4.33. The van der Waals surface area contributed by atoms with Crippen LogP contribution in [0.2, 0.25) is 0 Å². The van der Waals surface area contributed by atoms with Crippen LogP contribution in [0.25, 0.3) is 22.3 Å². The molecule has 11 heteroatoms. The van der Waals surface area contributed by atoms with Gasteiger partial charge in [-0.25, -0.2) is 9.18 Å². The molecule has 4 aromatic rings. The van der Waals surface area contributed by atoms with Crippen molar-refractivity contribution in [2.45, 2.75) is 33.2 Å². The van der Waals surface area contributed by atoms with Crippen molar-refractivity contribution >= 4 is 17.5 Å². The predicted octanol–water partition coefficient (Wildman–Crippen LogP) is 4.05. The maximum atomic E-state index is 15.5. The Morgan fingerprint density at radius 3 is 2.41 bits per heavy atom. The number of amides is 2. The molecule has 0 saturated carbocycles. The van der Waals surface area contributed by atoms with Crippen molar-refractivity contribution in [3.05, 3.63) is 104 Å². The summed E-state index contributed by atoms with van der Waals surface area (Å²) in [5.41, 5.74) is 4.55. The van der Waals surface area contributed by atoms with Gasteiger partial charge in [0.15, 0.2) is 0 Å². The van der Waals surface area contributed by atoms with Crippen molar-refractivity contribution < 1.29 is 18.7 Å². The molecular weight excluding hydrogens is 589 g/mol. The Hall–Kier alpha value is -5.03. The number of benzene rings is 3. The molecule has 2 heterocycles. The number of nitrogens with zero attached hydrogens (tertiary/aromatic N) is 2. The van der Waals surface area contributed by atoms with Crippen LogP contribution in [0.5, 0.6) is 5.75 Å². The summed E-state index contributed by atoms with van der Waals surface area (Å²) in [6.45, 7) is 5.48. The van der Waals surface area contributed by atoms with Gasteiger partial charge in [0, 0.05) is 51.1 Å². The first-order chi connectivity index (χ1) is 22.0. The molecule has 0 spiro atoms. The van der Waals surface area contributed by atoms with E-state index in [9.17, 15) is 19.2 Å². The molecule has 1 aliphatic rings. The van der Waals surface area contributed by atoms with E-state index in [1.165, 1.54) is 38.0 Å². The van der Waals surface area contributed by atoms with Gasteiger partial charge in [-0.05, 0) is 84.3 Å². The fourth-order valence-corrected chi connectivity index (χ4v) is 5.97. The van der Waals surface area contributed by atoms with Gasteiger partial charge in [-0.1, -0.05) is 30.3 Å². The zero-order chi connectivity index (χ0) is 33.1. The Morgan fingerprint density at radius 1 is 1.02 bits per heavy atom. The molecule has 1 aliphatic heterocycles. The van der Waals surface area contributed by atoms with Crippen LogP contribution in [0.1, 0.15) is 39.9 Å². The highest BCUT2D eigenvalue weighted by molar-refractivity contribution is 6.04. The van der Waals surface area contributed by atoms with Crippen molar-refractivity contribution in [2.24, 2.45) is 20.0 Å². The zero-order valence-electron chi connectivity index (χ0n) is 26.6. The summed E-state index contributed by atoms with van der Waals surface area (Å²) in [6.07, 6.45) is 2.59. The highest BCUT2D eigenvalue weighted by atomic mass is 19.1. The molecule has 1 atom stereocenters. The summed E-state index contributed by atoms with van der Waals surface area (Å²) in [6, 6.07) is 14.7. The molecule has 1 unspecified atom stereocenters. The molecule has 46 heavy (non-hydrogen) atoms. The molecule has 0 bridgehead atoms. The number of rotatable bonds is 10. The van der Waals surface area contributed by atoms with Gasteiger partial charge in [-0.15, -0.1) is 0 Å². The molecule has 2 amide bonds. The molecule has 1 aromatic heterocycles. The van der Waals surface area contributed by atoms with Gasteiger partial charge >= 0.3 is 5.69 Å². The fourth-order valence-electron chi connectivity index (χ4n) is 5.97. The Labute approximate surface area is 266 Å². The van der Waals surface area contributed by atoms with Gasteiger partial charge < -0.3 is 25.3 Å². The first kappa shape index (κ1) is 32.4. The minimum Gasteiger partial charge on any atom is -0.496 e. The number of ether oxygens (including phenoxy) is 1. The largest absolute Gasteiger partial charge is 0.496 e. The molecule has 1 saturated heterocycles. The summed E-state index contributed by atoms with van der Waals surface area (Å²) in [4.78, 5) is 49.2. The number of hydrogen-bond acceptors (Lipinski definition) is 6. The number of methoxy groups -OCH3 is 1. The van der Waals surface area contributed by atoms with Crippen LogP contribution in [0, 0.1) is 25.6 Å². The second kappa shape index (κ2) is 13.5. The van der Waals surface area contributed by atoms with E-state index in [4.69, 9.17) is 4.74 Å². The highest BCUT2D eigenvalue weighted by Gasteiger charge is 2.22. The third-order valence-corrected chi connectivity index (χ3v) is 8.68. The number of halogens is 1. The third-order valence-electron chi connectivity index (χ3n) is 8.68. The van der Waals surface area contributed by atoms with E-state index >= 15 is 4.39 Å². The van der Waals surface area contributed by atoms with Gasteiger partial charge in [0.05, 0.1) is 7.11 Å². The van der Waals surface area contributed by atoms with Crippen LogP contribution in [-0.4, -0.2) is 41.1 Å². The van der Waals surface area contributed by atoms with Gasteiger partial charge in [0.2, 0.25) is 5.91 Å². The topological polar surface area (TPSA) is 123 Å². The lowest BCUT2D eigenvalue weighted by atomic mass is 9.90. The zero-order valence-corrected chi connectivity index (χ0v) is 26.6. The summed E-state index contributed by atoms with van der Waals surface area (Å²) >= 11 is 0. The SMILES string of the molecule is COc1cc(-c2cccc(-c3cccc(NC(=O)c4cn(C)c(=O)n(C)c4=O)c3C)c2C)cc(F)c1CNCCC1CNC(=O)C1. The molecule has 1 fully saturated rings. The molecule has 240 valence electrons. The molecular formula is C35H38FN5O5. The normalized spacial score (nSPS) is 14.3. The number of hydrogen-bond donors (Lipinski definition) is 3. The highest BCUT2D eigenvalue weighted by Crippen LogP contribution is 2.37. The van der Waals surface area contributed by atoms with Crippen LogP contribution in [0.4, 0.5) is 10.1 Å². The first-order valence-corrected chi connectivity index (χ1v) is 15.1. The average Bonchev–Trinajstić information content (AvgIpc) is 3.46. The van der Waals surface area contributed by atoms with Gasteiger partial charge in [-0.3, -0.25) is 19.0 Å². The second-order valence-corrected chi connectivity index (χ2v) is 11.7. The number of carbonyl (C=O) groups is 2. The maximum absolute atomic E-state index is 15.5.